The zero-order valence-electron chi connectivity index (χ0n) is 15.2. The van der Waals surface area contributed by atoms with E-state index in [0.717, 1.165) is 18.9 Å². The number of carbonyl (C=O) groups excluding carboxylic acids is 2. The normalized spacial score (nSPS) is 10.6. The Labute approximate surface area is 162 Å². The van der Waals surface area contributed by atoms with Crippen molar-refractivity contribution in [2.24, 2.45) is 0 Å². The number of aromatic hydroxyl groups is 2. The number of ether oxygens (including phenoxy) is 1. The molecule has 0 fully saturated rings. The zero-order valence-corrected chi connectivity index (χ0v) is 15.2. The number of rotatable bonds is 7. The van der Waals surface area contributed by atoms with Crippen molar-refractivity contribution in [2.45, 2.75) is 12.8 Å². The zero-order chi connectivity index (χ0) is 19.9. The summed E-state index contributed by atoms with van der Waals surface area (Å²) in [5.74, 6) is -1.74. The molecule has 0 aliphatic heterocycles. The van der Waals surface area contributed by atoms with Gasteiger partial charge in [-0.1, -0.05) is 54.6 Å². The van der Waals surface area contributed by atoms with Gasteiger partial charge in [0.25, 0.3) is 5.91 Å². The molecule has 0 spiro atoms. The van der Waals surface area contributed by atoms with Crippen LogP contribution in [0.25, 0.3) is 10.8 Å². The largest absolute Gasteiger partial charge is 0.507 e. The van der Waals surface area contributed by atoms with Gasteiger partial charge in [0.2, 0.25) is 0 Å². The number of amides is 1. The topological polar surface area (TPSA) is 95.9 Å². The Morgan fingerprint density at radius 1 is 0.929 bits per heavy atom. The van der Waals surface area contributed by atoms with Crippen molar-refractivity contribution >= 4 is 22.6 Å². The SMILES string of the molecule is O=C(COC(=O)c1cc(O)c2ccccc2c1O)NCCCc1ccccc1. The van der Waals surface area contributed by atoms with Crippen molar-refractivity contribution in [3.05, 3.63) is 71.8 Å². The quantitative estimate of drug-likeness (QED) is 0.333. The predicted octanol–water partition coefficient (Wildman–Crippen LogP) is 3.16. The lowest BCUT2D eigenvalue weighted by atomic mass is 10.0. The second-order valence-electron chi connectivity index (χ2n) is 6.35. The fourth-order valence-corrected chi connectivity index (χ4v) is 2.92. The Morgan fingerprint density at radius 3 is 2.36 bits per heavy atom. The minimum absolute atomic E-state index is 0.147. The third kappa shape index (κ3) is 4.59. The predicted molar refractivity (Wildman–Crippen MR) is 105 cm³/mol. The monoisotopic (exact) mass is 379 g/mol. The second-order valence-corrected chi connectivity index (χ2v) is 6.35. The third-order valence-electron chi connectivity index (χ3n) is 4.36. The Bertz CT molecular complexity index is 985. The number of phenols is 2. The molecule has 3 N–H and O–H groups in total. The van der Waals surface area contributed by atoms with Gasteiger partial charge in [0, 0.05) is 17.3 Å². The number of hydrogen-bond donors (Lipinski definition) is 3. The van der Waals surface area contributed by atoms with Crippen LogP contribution in [0.4, 0.5) is 0 Å². The minimum atomic E-state index is -0.877. The second kappa shape index (κ2) is 8.90. The molecule has 1 amide bonds. The minimum Gasteiger partial charge on any atom is -0.507 e. The molecule has 6 heteroatoms. The number of phenolic OH excluding ortho intramolecular Hbond substituents is 2. The molecule has 3 aromatic carbocycles. The molecule has 28 heavy (non-hydrogen) atoms. The van der Waals surface area contributed by atoms with Gasteiger partial charge in [-0.15, -0.1) is 0 Å². The summed E-state index contributed by atoms with van der Waals surface area (Å²) in [7, 11) is 0. The number of hydrogen-bond acceptors (Lipinski definition) is 5. The van der Waals surface area contributed by atoms with Crippen molar-refractivity contribution in [3.8, 4) is 11.5 Å². The molecule has 0 atom stereocenters. The van der Waals surface area contributed by atoms with Crippen LogP contribution in [-0.2, 0) is 16.0 Å². The van der Waals surface area contributed by atoms with E-state index >= 15 is 0 Å². The first-order valence-corrected chi connectivity index (χ1v) is 8.97. The first kappa shape index (κ1) is 19.2. The van der Waals surface area contributed by atoms with Crippen LogP contribution in [0.2, 0.25) is 0 Å². The molecule has 0 saturated carbocycles. The first-order chi connectivity index (χ1) is 13.6. The summed E-state index contributed by atoms with van der Waals surface area (Å²) in [6.45, 7) is 0.00445. The maximum Gasteiger partial charge on any atom is 0.342 e. The van der Waals surface area contributed by atoms with Gasteiger partial charge in [0.15, 0.2) is 6.61 Å². The highest BCUT2D eigenvalue weighted by Crippen LogP contribution is 2.35. The van der Waals surface area contributed by atoms with Crippen LogP contribution >= 0.6 is 0 Å². The highest BCUT2D eigenvalue weighted by Gasteiger charge is 2.19. The van der Waals surface area contributed by atoms with E-state index in [1.165, 1.54) is 5.56 Å². The molecule has 0 unspecified atom stereocenters. The highest BCUT2D eigenvalue weighted by molar-refractivity contribution is 6.04. The van der Waals surface area contributed by atoms with Gasteiger partial charge < -0.3 is 20.3 Å². The molecule has 3 aromatic rings. The summed E-state index contributed by atoms with van der Waals surface area (Å²) in [4.78, 5) is 24.1. The third-order valence-corrected chi connectivity index (χ3v) is 4.36. The molecule has 0 radical (unpaired) electrons. The molecule has 0 bridgehead atoms. The lowest BCUT2D eigenvalue weighted by Gasteiger charge is -2.10. The molecule has 0 aliphatic rings. The lowest BCUT2D eigenvalue weighted by Crippen LogP contribution is -2.29. The summed E-state index contributed by atoms with van der Waals surface area (Å²) in [6.07, 6.45) is 1.61. The molecule has 0 heterocycles. The summed E-state index contributed by atoms with van der Waals surface area (Å²) in [6, 6.07) is 17.7. The van der Waals surface area contributed by atoms with Gasteiger partial charge in [0.1, 0.15) is 17.1 Å². The van der Waals surface area contributed by atoms with Gasteiger partial charge >= 0.3 is 5.97 Å². The van der Waals surface area contributed by atoms with Crippen LogP contribution < -0.4 is 5.32 Å². The van der Waals surface area contributed by atoms with E-state index < -0.39 is 18.5 Å². The van der Waals surface area contributed by atoms with Gasteiger partial charge in [0.05, 0.1) is 0 Å². The fourth-order valence-electron chi connectivity index (χ4n) is 2.92. The molecule has 0 saturated heterocycles. The van der Waals surface area contributed by atoms with Crippen LogP contribution in [0.3, 0.4) is 0 Å². The van der Waals surface area contributed by atoms with Gasteiger partial charge in [-0.3, -0.25) is 4.79 Å². The Morgan fingerprint density at radius 2 is 1.61 bits per heavy atom. The number of fused-ring (bicyclic) bond motifs is 1. The lowest BCUT2D eigenvalue weighted by molar-refractivity contribution is -0.124. The van der Waals surface area contributed by atoms with Crippen molar-refractivity contribution in [1.82, 2.24) is 5.32 Å². The van der Waals surface area contributed by atoms with E-state index in [9.17, 15) is 19.8 Å². The molecule has 3 rings (SSSR count). The molecular formula is C22H21NO5. The van der Waals surface area contributed by atoms with E-state index in [1.807, 2.05) is 30.3 Å². The van der Waals surface area contributed by atoms with E-state index in [4.69, 9.17) is 4.74 Å². The number of nitrogens with one attached hydrogen (secondary N) is 1. The first-order valence-electron chi connectivity index (χ1n) is 8.97. The summed E-state index contributed by atoms with van der Waals surface area (Å²) < 4.78 is 4.97. The Hall–Kier alpha value is -3.54. The average molecular weight is 379 g/mol. The summed E-state index contributed by atoms with van der Waals surface area (Å²) in [5, 5.41) is 23.8. The number of benzene rings is 3. The van der Waals surface area contributed by atoms with Crippen molar-refractivity contribution in [1.29, 1.82) is 0 Å². The molecule has 6 nitrogen and oxygen atoms in total. The van der Waals surface area contributed by atoms with Crippen molar-refractivity contribution < 1.29 is 24.5 Å². The van der Waals surface area contributed by atoms with Gasteiger partial charge in [-0.25, -0.2) is 4.79 Å². The number of esters is 1. The fraction of sp³-hybridized carbons (Fsp3) is 0.182. The summed E-state index contributed by atoms with van der Waals surface area (Å²) in [5.41, 5.74) is 1.00. The van der Waals surface area contributed by atoms with E-state index in [0.29, 0.717) is 17.3 Å². The van der Waals surface area contributed by atoms with Crippen molar-refractivity contribution in [3.63, 3.8) is 0 Å². The standard InChI is InChI=1S/C22H21NO5/c24-19-13-18(21(26)17-11-5-4-10-16(17)19)22(27)28-14-20(25)23-12-6-9-15-7-2-1-3-8-15/h1-5,7-8,10-11,13,24,26H,6,9,12,14H2,(H,23,25). The van der Waals surface area contributed by atoms with E-state index in [-0.39, 0.29) is 17.1 Å². The van der Waals surface area contributed by atoms with Crippen LogP contribution in [0.5, 0.6) is 11.5 Å². The van der Waals surface area contributed by atoms with Gasteiger partial charge in [-0.2, -0.15) is 0 Å². The molecule has 144 valence electrons. The molecule has 0 aliphatic carbocycles. The van der Waals surface area contributed by atoms with E-state index in [2.05, 4.69) is 5.32 Å². The Balaban J connectivity index is 1.50. The summed E-state index contributed by atoms with van der Waals surface area (Å²) >= 11 is 0. The number of aryl methyl sites for hydroxylation is 1. The van der Waals surface area contributed by atoms with Crippen molar-refractivity contribution in [2.75, 3.05) is 13.2 Å². The maximum atomic E-state index is 12.2. The van der Waals surface area contributed by atoms with Crippen LogP contribution in [0, 0.1) is 0 Å². The van der Waals surface area contributed by atoms with Gasteiger partial charge in [-0.05, 0) is 24.5 Å². The number of carbonyl (C=O) groups is 2. The van der Waals surface area contributed by atoms with Crippen LogP contribution in [0.1, 0.15) is 22.3 Å². The Kier molecular flexibility index (Phi) is 6.11. The van der Waals surface area contributed by atoms with Crippen LogP contribution in [-0.4, -0.2) is 35.2 Å². The smallest absolute Gasteiger partial charge is 0.342 e. The molecular weight excluding hydrogens is 358 g/mol. The van der Waals surface area contributed by atoms with E-state index in [1.54, 1.807) is 24.3 Å². The van der Waals surface area contributed by atoms with Crippen LogP contribution in [0.15, 0.2) is 60.7 Å². The maximum absolute atomic E-state index is 12.2. The molecule has 0 aromatic heterocycles. The average Bonchev–Trinajstić information content (AvgIpc) is 2.73. The highest BCUT2D eigenvalue weighted by atomic mass is 16.5.